The molecule has 0 fully saturated rings. The van der Waals surface area contributed by atoms with Gasteiger partial charge in [0.25, 0.3) is 0 Å². The van der Waals surface area contributed by atoms with Crippen LogP contribution in [0.1, 0.15) is 29.8 Å². The lowest BCUT2D eigenvalue weighted by Gasteiger charge is -2.05. The molecule has 0 spiro atoms. The maximum atomic E-state index is 10.7. The molecule has 2 heterocycles. The number of aliphatic carboxylic acids is 1. The van der Waals surface area contributed by atoms with E-state index < -0.39 is 5.97 Å². The fourth-order valence-electron chi connectivity index (χ4n) is 1.83. The first-order valence-corrected chi connectivity index (χ1v) is 6.49. The first-order valence-electron chi connectivity index (χ1n) is 5.67. The lowest BCUT2D eigenvalue weighted by Crippen LogP contribution is -2.02. The van der Waals surface area contributed by atoms with Gasteiger partial charge in [0.1, 0.15) is 5.01 Å². The van der Waals surface area contributed by atoms with Gasteiger partial charge in [0, 0.05) is 28.8 Å². The molecule has 0 aliphatic heterocycles. The molecule has 2 rings (SSSR count). The predicted molar refractivity (Wildman–Crippen MR) is 70.7 cm³/mol. The van der Waals surface area contributed by atoms with Crippen molar-refractivity contribution in [2.45, 2.75) is 26.2 Å². The highest BCUT2D eigenvalue weighted by molar-refractivity contribution is 7.15. The largest absolute Gasteiger partial charge is 0.481 e. The molecule has 0 aromatic carbocycles. The summed E-state index contributed by atoms with van der Waals surface area (Å²) < 4.78 is 0. The summed E-state index contributed by atoms with van der Waals surface area (Å²) in [5.41, 5.74) is 1.88. The first kappa shape index (κ1) is 12.7. The van der Waals surface area contributed by atoms with E-state index in [1.54, 1.807) is 23.7 Å². The van der Waals surface area contributed by atoms with Gasteiger partial charge in [0.05, 0.1) is 12.1 Å². The molecule has 0 amide bonds. The molecule has 4 nitrogen and oxygen atoms in total. The van der Waals surface area contributed by atoms with Gasteiger partial charge in [-0.1, -0.05) is 6.92 Å². The van der Waals surface area contributed by atoms with Gasteiger partial charge in [-0.05, 0) is 19.1 Å². The summed E-state index contributed by atoms with van der Waals surface area (Å²) in [5.74, 6) is -0.788. The van der Waals surface area contributed by atoms with Crippen molar-refractivity contribution in [2.75, 3.05) is 0 Å². The molecule has 0 radical (unpaired) electrons. The van der Waals surface area contributed by atoms with Crippen LogP contribution >= 0.6 is 11.3 Å². The number of carbonyl (C=O) groups is 1. The number of aryl methyl sites for hydroxylation is 1. The molecule has 94 valence electrons. The SMILES string of the molecule is Cc1nc(-c2cccnc2)sc1C(C)CC(=O)O. The van der Waals surface area contributed by atoms with Crippen LogP contribution in [0.25, 0.3) is 10.6 Å². The van der Waals surface area contributed by atoms with Gasteiger partial charge >= 0.3 is 5.97 Å². The van der Waals surface area contributed by atoms with Crippen molar-refractivity contribution in [2.24, 2.45) is 0 Å². The number of thiazole rings is 1. The van der Waals surface area contributed by atoms with Crippen molar-refractivity contribution in [3.05, 3.63) is 35.1 Å². The molecular weight excluding hydrogens is 248 g/mol. The highest BCUT2D eigenvalue weighted by Crippen LogP contribution is 2.33. The minimum absolute atomic E-state index is 0.00887. The topological polar surface area (TPSA) is 63.1 Å². The maximum Gasteiger partial charge on any atom is 0.303 e. The van der Waals surface area contributed by atoms with E-state index in [-0.39, 0.29) is 12.3 Å². The molecule has 0 aliphatic carbocycles. The molecule has 18 heavy (non-hydrogen) atoms. The van der Waals surface area contributed by atoms with Gasteiger partial charge in [0.2, 0.25) is 0 Å². The number of carboxylic acid groups (broad SMARTS) is 1. The number of nitrogens with zero attached hydrogens (tertiary/aromatic N) is 2. The van der Waals surface area contributed by atoms with Crippen LogP contribution in [0.15, 0.2) is 24.5 Å². The van der Waals surface area contributed by atoms with Crippen molar-refractivity contribution in [1.82, 2.24) is 9.97 Å². The quantitative estimate of drug-likeness (QED) is 0.919. The third-order valence-corrected chi connectivity index (χ3v) is 4.11. The lowest BCUT2D eigenvalue weighted by atomic mass is 10.1. The fraction of sp³-hybridized carbons (Fsp3) is 0.308. The van der Waals surface area contributed by atoms with Crippen molar-refractivity contribution in [3.8, 4) is 10.6 Å². The standard InChI is InChI=1S/C13H14N2O2S/c1-8(6-11(16)17)12-9(2)15-13(18-12)10-4-3-5-14-7-10/h3-5,7-8H,6H2,1-2H3,(H,16,17). The van der Waals surface area contributed by atoms with Gasteiger partial charge in [-0.3, -0.25) is 9.78 Å². The Morgan fingerprint density at radius 2 is 2.33 bits per heavy atom. The number of aromatic nitrogens is 2. The summed E-state index contributed by atoms with van der Waals surface area (Å²) >= 11 is 1.55. The van der Waals surface area contributed by atoms with Crippen LogP contribution in [0.2, 0.25) is 0 Å². The van der Waals surface area contributed by atoms with E-state index in [1.165, 1.54) is 0 Å². The predicted octanol–water partition coefficient (Wildman–Crippen LogP) is 3.09. The van der Waals surface area contributed by atoms with Crippen LogP contribution in [0.4, 0.5) is 0 Å². The van der Waals surface area contributed by atoms with Gasteiger partial charge in [-0.15, -0.1) is 11.3 Å². The van der Waals surface area contributed by atoms with E-state index in [0.717, 1.165) is 21.1 Å². The van der Waals surface area contributed by atoms with Crippen molar-refractivity contribution in [1.29, 1.82) is 0 Å². The number of carboxylic acids is 1. The van der Waals surface area contributed by atoms with E-state index in [2.05, 4.69) is 9.97 Å². The lowest BCUT2D eigenvalue weighted by molar-refractivity contribution is -0.137. The third kappa shape index (κ3) is 2.73. The summed E-state index contributed by atoms with van der Waals surface area (Å²) in [6.07, 6.45) is 3.62. The van der Waals surface area contributed by atoms with Crippen molar-refractivity contribution < 1.29 is 9.90 Å². The molecule has 1 N–H and O–H groups in total. The zero-order chi connectivity index (χ0) is 13.1. The van der Waals surface area contributed by atoms with Crippen LogP contribution in [-0.4, -0.2) is 21.0 Å². The van der Waals surface area contributed by atoms with E-state index >= 15 is 0 Å². The maximum absolute atomic E-state index is 10.7. The van der Waals surface area contributed by atoms with Gasteiger partial charge < -0.3 is 5.11 Å². The second kappa shape index (κ2) is 5.27. The van der Waals surface area contributed by atoms with Gasteiger partial charge in [-0.25, -0.2) is 4.98 Å². The average Bonchev–Trinajstić information content (AvgIpc) is 2.72. The molecule has 1 atom stereocenters. The van der Waals surface area contributed by atoms with Gasteiger partial charge in [0.15, 0.2) is 0 Å². The molecule has 5 heteroatoms. The average molecular weight is 262 g/mol. The minimum Gasteiger partial charge on any atom is -0.481 e. The van der Waals surface area contributed by atoms with E-state index in [4.69, 9.17) is 5.11 Å². The normalized spacial score (nSPS) is 12.3. The van der Waals surface area contributed by atoms with Crippen LogP contribution in [0, 0.1) is 6.92 Å². The number of hydrogen-bond acceptors (Lipinski definition) is 4. The molecule has 0 aliphatic rings. The van der Waals surface area contributed by atoms with Crippen LogP contribution in [0.3, 0.4) is 0 Å². The highest BCUT2D eigenvalue weighted by Gasteiger charge is 2.17. The van der Waals surface area contributed by atoms with Crippen LogP contribution < -0.4 is 0 Å². The first-order chi connectivity index (χ1) is 8.58. The Morgan fingerprint density at radius 1 is 1.56 bits per heavy atom. The Hall–Kier alpha value is -1.75. The summed E-state index contributed by atoms with van der Waals surface area (Å²) in [4.78, 5) is 20.3. The van der Waals surface area contributed by atoms with E-state index in [1.807, 2.05) is 26.0 Å². The van der Waals surface area contributed by atoms with E-state index in [0.29, 0.717) is 0 Å². The smallest absolute Gasteiger partial charge is 0.303 e. The van der Waals surface area contributed by atoms with Crippen LogP contribution in [-0.2, 0) is 4.79 Å². The molecule has 0 saturated carbocycles. The Bertz CT molecular complexity index is 551. The highest BCUT2D eigenvalue weighted by atomic mass is 32.1. The number of hydrogen-bond donors (Lipinski definition) is 1. The summed E-state index contributed by atoms with van der Waals surface area (Å²) in [6, 6.07) is 3.82. The van der Waals surface area contributed by atoms with E-state index in [9.17, 15) is 4.79 Å². The Kier molecular flexibility index (Phi) is 3.72. The zero-order valence-corrected chi connectivity index (χ0v) is 11.1. The van der Waals surface area contributed by atoms with Crippen LogP contribution in [0.5, 0.6) is 0 Å². The van der Waals surface area contributed by atoms with Crippen molar-refractivity contribution in [3.63, 3.8) is 0 Å². The second-order valence-electron chi connectivity index (χ2n) is 4.21. The summed E-state index contributed by atoms with van der Waals surface area (Å²) in [6.45, 7) is 3.84. The summed E-state index contributed by atoms with van der Waals surface area (Å²) in [7, 11) is 0. The van der Waals surface area contributed by atoms with Crippen molar-refractivity contribution >= 4 is 17.3 Å². The molecule has 2 aromatic heterocycles. The molecule has 0 saturated heterocycles. The Balaban J connectivity index is 2.30. The minimum atomic E-state index is -0.779. The number of pyridine rings is 1. The molecule has 1 unspecified atom stereocenters. The number of rotatable bonds is 4. The fourth-order valence-corrected chi connectivity index (χ4v) is 2.94. The third-order valence-electron chi connectivity index (χ3n) is 2.67. The second-order valence-corrected chi connectivity index (χ2v) is 5.24. The Labute approximate surface area is 109 Å². The zero-order valence-electron chi connectivity index (χ0n) is 10.3. The monoisotopic (exact) mass is 262 g/mol. The Morgan fingerprint density at radius 3 is 2.94 bits per heavy atom. The molecule has 0 bridgehead atoms. The molecular formula is C13H14N2O2S. The molecule has 2 aromatic rings. The van der Waals surface area contributed by atoms with Gasteiger partial charge in [-0.2, -0.15) is 0 Å². The summed E-state index contributed by atoms with van der Waals surface area (Å²) in [5, 5.41) is 9.73.